The smallest absolute Gasteiger partial charge is 0.243 e. The van der Waals surface area contributed by atoms with Crippen LogP contribution < -0.4 is 10.1 Å². The van der Waals surface area contributed by atoms with Gasteiger partial charge in [-0.2, -0.15) is 4.31 Å². The van der Waals surface area contributed by atoms with E-state index in [1.54, 1.807) is 31.4 Å². The largest absolute Gasteiger partial charge is 0.497 e. The van der Waals surface area contributed by atoms with E-state index in [2.05, 4.69) is 17.4 Å². The number of aryl methyl sites for hydroxylation is 1. The lowest BCUT2D eigenvalue weighted by Crippen LogP contribution is -2.44. The fourth-order valence-electron chi connectivity index (χ4n) is 4.45. The van der Waals surface area contributed by atoms with Gasteiger partial charge in [0.05, 0.1) is 18.0 Å². The summed E-state index contributed by atoms with van der Waals surface area (Å²) in [7, 11) is -2.01. The van der Waals surface area contributed by atoms with Gasteiger partial charge in [0.15, 0.2) is 0 Å². The number of carbonyl (C=O) groups is 1. The number of fused-ring (bicyclic) bond motifs is 1. The van der Waals surface area contributed by atoms with E-state index in [-0.39, 0.29) is 22.8 Å². The number of piperidine rings is 1. The molecule has 1 heterocycles. The van der Waals surface area contributed by atoms with Crippen LogP contribution in [0.3, 0.4) is 0 Å². The van der Waals surface area contributed by atoms with Gasteiger partial charge in [0.1, 0.15) is 5.75 Å². The molecule has 2 aliphatic rings. The van der Waals surface area contributed by atoms with E-state index < -0.39 is 10.0 Å². The van der Waals surface area contributed by atoms with Gasteiger partial charge in [-0.1, -0.05) is 24.3 Å². The van der Waals surface area contributed by atoms with Crippen LogP contribution in [0, 0.1) is 5.92 Å². The molecule has 30 heavy (non-hydrogen) atoms. The minimum Gasteiger partial charge on any atom is -0.497 e. The molecule has 0 aromatic heterocycles. The number of benzene rings is 2. The van der Waals surface area contributed by atoms with E-state index in [0.717, 1.165) is 19.3 Å². The van der Waals surface area contributed by atoms with Crippen LogP contribution in [0.1, 0.15) is 42.9 Å². The van der Waals surface area contributed by atoms with Gasteiger partial charge >= 0.3 is 0 Å². The highest BCUT2D eigenvalue weighted by molar-refractivity contribution is 7.89. The topological polar surface area (TPSA) is 75.7 Å². The Hall–Kier alpha value is -2.38. The van der Waals surface area contributed by atoms with Crippen LogP contribution in [0.25, 0.3) is 0 Å². The Morgan fingerprint density at radius 1 is 1.03 bits per heavy atom. The second-order valence-electron chi connectivity index (χ2n) is 8.01. The van der Waals surface area contributed by atoms with Gasteiger partial charge in [-0.05, 0) is 67.5 Å². The Morgan fingerprint density at radius 3 is 2.43 bits per heavy atom. The van der Waals surface area contributed by atoms with Crippen LogP contribution in [0.2, 0.25) is 0 Å². The molecule has 7 heteroatoms. The Labute approximate surface area is 178 Å². The maximum absolute atomic E-state index is 12.9. The van der Waals surface area contributed by atoms with Crippen LogP contribution in [0.5, 0.6) is 5.75 Å². The molecule has 1 N–H and O–H groups in total. The monoisotopic (exact) mass is 428 g/mol. The molecule has 0 spiro atoms. The van der Waals surface area contributed by atoms with Crippen LogP contribution in [0.4, 0.5) is 0 Å². The number of nitrogens with one attached hydrogen (secondary N) is 1. The highest BCUT2D eigenvalue weighted by Gasteiger charge is 2.33. The van der Waals surface area contributed by atoms with Crippen molar-refractivity contribution in [2.75, 3.05) is 20.2 Å². The van der Waals surface area contributed by atoms with Crippen molar-refractivity contribution in [3.05, 3.63) is 59.7 Å². The quantitative estimate of drug-likeness (QED) is 0.793. The normalized spacial score (nSPS) is 20.4. The van der Waals surface area contributed by atoms with Gasteiger partial charge in [0.25, 0.3) is 0 Å². The standard InChI is InChI=1S/C23H28N2O4S/c1-29-19-9-11-20(12-10-19)30(27,28)25-15-13-18(14-16-25)23(26)24-22-8-4-6-17-5-2-3-7-21(17)22/h2-3,5,7,9-12,18,22H,4,6,8,13-16H2,1H3,(H,24,26). The lowest BCUT2D eigenvalue weighted by molar-refractivity contribution is -0.127. The molecule has 4 rings (SSSR count). The number of rotatable bonds is 5. The predicted octanol–water partition coefficient (Wildman–Crippen LogP) is 3.29. The van der Waals surface area contributed by atoms with E-state index in [1.807, 2.05) is 12.1 Å². The molecule has 0 radical (unpaired) electrons. The van der Waals surface area contributed by atoms with Crippen molar-refractivity contribution >= 4 is 15.9 Å². The predicted molar refractivity (Wildman–Crippen MR) is 115 cm³/mol. The summed E-state index contributed by atoms with van der Waals surface area (Å²) in [4.78, 5) is 13.1. The SMILES string of the molecule is COc1ccc(S(=O)(=O)N2CCC(C(=O)NC3CCCc4ccccc43)CC2)cc1. The van der Waals surface area contributed by atoms with Crippen molar-refractivity contribution in [3.63, 3.8) is 0 Å². The molecule has 160 valence electrons. The summed E-state index contributed by atoms with van der Waals surface area (Å²) in [5, 5.41) is 3.22. The summed E-state index contributed by atoms with van der Waals surface area (Å²) in [5.74, 6) is 0.508. The molecule has 1 aliphatic heterocycles. The summed E-state index contributed by atoms with van der Waals surface area (Å²) < 4.78 is 32.4. The number of nitrogens with zero attached hydrogens (tertiary/aromatic N) is 1. The molecular formula is C23H28N2O4S. The number of hydrogen-bond donors (Lipinski definition) is 1. The van der Waals surface area contributed by atoms with Crippen molar-refractivity contribution < 1.29 is 17.9 Å². The van der Waals surface area contributed by atoms with E-state index in [0.29, 0.717) is 31.7 Å². The number of hydrogen-bond acceptors (Lipinski definition) is 4. The third kappa shape index (κ3) is 4.23. The van der Waals surface area contributed by atoms with Crippen molar-refractivity contribution in [3.8, 4) is 5.75 Å². The van der Waals surface area contributed by atoms with E-state index >= 15 is 0 Å². The molecule has 1 aliphatic carbocycles. The first-order chi connectivity index (χ1) is 14.5. The molecule has 2 aromatic rings. The Morgan fingerprint density at radius 2 is 1.73 bits per heavy atom. The number of ether oxygens (including phenoxy) is 1. The van der Waals surface area contributed by atoms with Crippen LogP contribution in [-0.4, -0.2) is 38.8 Å². The Balaban J connectivity index is 1.37. The zero-order valence-corrected chi connectivity index (χ0v) is 18.0. The van der Waals surface area contributed by atoms with Gasteiger partial charge in [-0.25, -0.2) is 8.42 Å². The number of carbonyl (C=O) groups excluding carboxylic acids is 1. The molecule has 0 bridgehead atoms. The van der Waals surface area contributed by atoms with Gasteiger partial charge in [0, 0.05) is 19.0 Å². The maximum atomic E-state index is 12.9. The number of methoxy groups -OCH3 is 1. The Kier molecular flexibility index (Phi) is 6.11. The fraction of sp³-hybridized carbons (Fsp3) is 0.435. The van der Waals surface area contributed by atoms with E-state index in [1.165, 1.54) is 15.4 Å². The van der Waals surface area contributed by atoms with Crippen molar-refractivity contribution in [2.45, 2.75) is 43.0 Å². The summed E-state index contributed by atoms with van der Waals surface area (Å²) in [6, 6.07) is 14.8. The van der Waals surface area contributed by atoms with Crippen LogP contribution >= 0.6 is 0 Å². The van der Waals surface area contributed by atoms with Crippen molar-refractivity contribution in [1.29, 1.82) is 0 Å². The minimum absolute atomic E-state index is 0.0400. The third-order valence-electron chi connectivity index (χ3n) is 6.21. The van der Waals surface area contributed by atoms with Crippen LogP contribution in [0.15, 0.2) is 53.4 Å². The molecule has 0 saturated carbocycles. The Bertz CT molecular complexity index is 996. The van der Waals surface area contributed by atoms with Crippen molar-refractivity contribution in [1.82, 2.24) is 9.62 Å². The average molecular weight is 429 g/mol. The average Bonchev–Trinajstić information content (AvgIpc) is 2.79. The second-order valence-corrected chi connectivity index (χ2v) is 9.94. The molecule has 1 amide bonds. The first-order valence-corrected chi connectivity index (χ1v) is 12.0. The minimum atomic E-state index is -3.56. The highest BCUT2D eigenvalue weighted by atomic mass is 32.2. The number of amides is 1. The molecular weight excluding hydrogens is 400 g/mol. The van der Waals surface area contributed by atoms with Gasteiger partial charge in [-0.15, -0.1) is 0 Å². The lowest BCUT2D eigenvalue weighted by atomic mass is 9.87. The zero-order valence-electron chi connectivity index (χ0n) is 17.2. The van der Waals surface area contributed by atoms with E-state index in [9.17, 15) is 13.2 Å². The molecule has 2 aromatic carbocycles. The fourth-order valence-corrected chi connectivity index (χ4v) is 5.92. The van der Waals surface area contributed by atoms with E-state index in [4.69, 9.17) is 4.74 Å². The maximum Gasteiger partial charge on any atom is 0.243 e. The van der Waals surface area contributed by atoms with Crippen molar-refractivity contribution in [2.24, 2.45) is 5.92 Å². The van der Waals surface area contributed by atoms with Gasteiger partial charge in [0.2, 0.25) is 15.9 Å². The highest BCUT2D eigenvalue weighted by Crippen LogP contribution is 2.31. The second kappa shape index (κ2) is 8.78. The summed E-state index contributed by atoms with van der Waals surface area (Å²) >= 11 is 0. The van der Waals surface area contributed by atoms with Gasteiger partial charge in [-0.3, -0.25) is 4.79 Å². The van der Waals surface area contributed by atoms with Gasteiger partial charge < -0.3 is 10.1 Å². The first-order valence-electron chi connectivity index (χ1n) is 10.5. The molecule has 1 unspecified atom stereocenters. The molecule has 1 atom stereocenters. The zero-order chi connectivity index (χ0) is 21.1. The lowest BCUT2D eigenvalue weighted by Gasteiger charge is -2.32. The number of sulfonamides is 1. The summed E-state index contributed by atoms with van der Waals surface area (Å²) in [6.07, 6.45) is 4.16. The summed E-state index contributed by atoms with van der Waals surface area (Å²) in [6.45, 7) is 0.710. The molecule has 6 nitrogen and oxygen atoms in total. The third-order valence-corrected chi connectivity index (χ3v) is 8.12. The first kappa shape index (κ1) is 20.9. The summed E-state index contributed by atoms with van der Waals surface area (Å²) in [5.41, 5.74) is 2.53. The molecule has 1 fully saturated rings. The molecule has 1 saturated heterocycles. The van der Waals surface area contributed by atoms with Crippen LogP contribution in [-0.2, 0) is 21.2 Å².